The molecule has 1 heterocycles. The first-order chi connectivity index (χ1) is 12.0. The van der Waals surface area contributed by atoms with Gasteiger partial charge in [0.15, 0.2) is 5.78 Å². The SMILES string of the molecule is CC(C)(C(=O)Cn1cncc(-c2ccccc2)c1=O)c1ccccc1. The van der Waals surface area contributed by atoms with Crippen molar-refractivity contribution in [1.29, 1.82) is 0 Å². The van der Waals surface area contributed by atoms with Crippen molar-refractivity contribution in [3.63, 3.8) is 0 Å². The maximum atomic E-state index is 12.8. The average Bonchev–Trinajstić information content (AvgIpc) is 2.65. The number of benzene rings is 2. The molecule has 0 unspecified atom stereocenters. The van der Waals surface area contributed by atoms with Crippen molar-refractivity contribution < 1.29 is 4.79 Å². The van der Waals surface area contributed by atoms with Gasteiger partial charge in [0, 0.05) is 6.20 Å². The fourth-order valence-corrected chi connectivity index (χ4v) is 2.75. The van der Waals surface area contributed by atoms with E-state index in [9.17, 15) is 9.59 Å². The molecule has 0 aliphatic carbocycles. The number of Topliss-reactive ketones (excluding diaryl/α,β-unsaturated/α-hetero) is 1. The van der Waals surface area contributed by atoms with Crippen LogP contribution in [0.1, 0.15) is 19.4 Å². The van der Waals surface area contributed by atoms with Gasteiger partial charge in [-0.2, -0.15) is 0 Å². The van der Waals surface area contributed by atoms with Crippen molar-refractivity contribution in [2.24, 2.45) is 0 Å². The Balaban J connectivity index is 1.91. The molecule has 1 aromatic heterocycles. The van der Waals surface area contributed by atoms with E-state index in [2.05, 4.69) is 4.98 Å². The van der Waals surface area contributed by atoms with Crippen LogP contribution in [0.25, 0.3) is 11.1 Å². The molecule has 0 radical (unpaired) electrons. The van der Waals surface area contributed by atoms with Crippen molar-refractivity contribution in [3.05, 3.63) is 89.1 Å². The lowest BCUT2D eigenvalue weighted by Crippen LogP contribution is -2.35. The van der Waals surface area contributed by atoms with Crippen LogP contribution in [0.2, 0.25) is 0 Å². The second kappa shape index (κ2) is 6.85. The Hall–Kier alpha value is -3.01. The van der Waals surface area contributed by atoms with Gasteiger partial charge in [-0.3, -0.25) is 14.2 Å². The smallest absolute Gasteiger partial charge is 0.261 e. The Morgan fingerprint density at radius 2 is 1.60 bits per heavy atom. The number of hydrogen-bond donors (Lipinski definition) is 0. The zero-order valence-corrected chi connectivity index (χ0v) is 14.3. The highest BCUT2D eigenvalue weighted by molar-refractivity contribution is 5.89. The Morgan fingerprint density at radius 1 is 1.00 bits per heavy atom. The third-order valence-corrected chi connectivity index (χ3v) is 4.49. The van der Waals surface area contributed by atoms with E-state index in [1.807, 2.05) is 74.5 Å². The summed E-state index contributed by atoms with van der Waals surface area (Å²) < 4.78 is 1.38. The number of nitrogens with zero attached hydrogens (tertiary/aromatic N) is 2. The van der Waals surface area contributed by atoms with Crippen LogP contribution in [-0.4, -0.2) is 15.3 Å². The summed E-state index contributed by atoms with van der Waals surface area (Å²) >= 11 is 0. The highest BCUT2D eigenvalue weighted by Gasteiger charge is 2.29. The molecule has 0 amide bonds. The maximum Gasteiger partial charge on any atom is 0.261 e. The third kappa shape index (κ3) is 3.43. The van der Waals surface area contributed by atoms with E-state index >= 15 is 0 Å². The van der Waals surface area contributed by atoms with Crippen LogP contribution in [0.5, 0.6) is 0 Å². The maximum absolute atomic E-state index is 12.8. The predicted octanol–water partition coefficient (Wildman–Crippen LogP) is 3.46. The van der Waals surface area contributed by atoms with E-state index in [4.69, 9.17) is 0 Å². The summed E-state index contributed by atoms with van der Waals surface area (Å²) in [6, 6.07) is 19.0. The summed E-state index contributed by atoms with van der Waals surface area (Å²) in [5.41, 5.74) is 1.33. The van der Waals surface area contributed by atoms with Gasteiger partial charge in [-0.05, 0) is 25.0 Å². The molecule has 0 aliphatic rings. The Bertz CT molecular complexity index is 929. The average molecular weight is 332 g/mol. The minimum atomic E-state index is -0.677. The predicted molar refractivity (Wildman–Crippen MR) is 98.4 cm³/mol. The van der Waals surface area contributed by atoms with Crippen molar-refractivity contribution in [2.45, 2.75) is 25.8 Å². The molecule has 0 bridgehead atoms. The van der Waals surface area contributed by atoms with Crippen molar-refractivity contribution >= 4 is 5.78 Å². The number of rotatable bonds is 5. The lowest BCUT2D eigenvalue weighted by molar-refractivity contribution is -0.124. The molecule has 0 saturated carbocycles. The van der Waals surface area contributed by atoms with E-state index in [1.54, 1.807) is 6.20 Å². The normalized spacial score (nSPS) is 11.3. The molecule has 3 rings (SSSR count). The highest BCUT2D eigenvalue weighted by atomic mass is 16.1. The first kappa shape index (κ1) is 16.8. The van der Waals surface area contributed by atoms with E-state index in [1.165, 1.54) is 10.9 Å². The molecule has 0 aliphatic heterocycles. The first-order valence-electron chi connectivity index (χ1n) is 8.19. The van der Waals surface area contributed by atoms with Gasteiger partial charge in [-0.1, -0.05) is 60.7 Å². The molecule has 0 fully saturated rings. The highest BCUT2D eigenvalue weighted by Crippen LogP contribution is 2.24. The number of carbonyl (C=O) groups excluding carboxylic acids is 1. The van der Waals surface area contributed by atoms with Gasteiger partial charge in [0.25, 0.3) is 5.56 Å². The Labute approximate surface area is 146 Å². The zero-order chi connectivity index (χ0) is 17.9. The molecular formula is C21H20N2O2. The number of ketones is 1. The van der Waals surface area contributed by atoms with Crippen LogP contribution in [0.4, 0.5) is 0 Å². The van der Waals surface area contributed by atoms with Gasteiger partial charge < -0.3 is 0 Å². The van der Waals surface area contributed by atoms with Gasteiger partial charge in [-0.15, -0.1) is 0 Å². The van der Waals surface area contributed by atoms with Gasteiger partial charge in [0.05, 0.1) is 23.9 Å². The lowest BCUT2D eigenvalue weighted by Gasteiger charge is -2.24. The molecule has 3 aromatic rings. The fraction of sp³-hybridized carbons (Fsp3) is 0.190. The molecule has 25 heavy (non-hydrogen) atoms. The second-order valence-corrected chi connectivity index (χ2v) is 6.52. The fourth-order valence-electron chi connectivity index (χ4n) is 2.75. The zero-order valence-electron chi connectivity index (χ0n) is 14.3. The van der Waals surface area contributed by atoms with Crippen LogP contribution in [0, 0.1) is 0 Å². The third-order valence-electron chi connectivity index (χ3n) is 4.49. The summed E-state index contributed by atoms with van der Waals surface area (Å²) in [6.07, 6.45) is 2.97. The van der Waals surface area contributed by atoms with E-state index in [0.29, 0.717) is 5.56 Å². The molecule has 2 aromatic carbocycles. The summed E-state index contributed by atoms with van der Waals surface area (Å²) in [5, 5.41) is 0. The summed E-state index contributed by atoms with van der Waals surface area (Å²) in [4.78, 5) is 29.7. The van der Waals surface area contributed by atoms with Crippen molar-refractivity contribution in [2.75, 3.05) is 0 Å². The second-order valence-electron chi connectivity index (χ2n) is 6.52. The van der Waals surface area contributed by atoms with Crippen molar-refractivity contribution in [1.82, 2.24) is 9.55 Å². The van der Waals surface area contributed by atoms with Crippen molar-refractivity contribution in [3.8, 4) is 11.1 Å². The Kier molecular flexibility index (Phi) is 4.61. The van der Waals surface area contributed by atoms with Crippen LogP contribution in [-0.2, 0) is 16.8 Å². The van der Waals surface area contributed by atoms with Crippen LogP contribution < -0.4 is 5.56 Å². The van der Waals surface area contributed by atoms with Gasteiger partial charge in [0.2, 0.25) is 0 Å². The molecule has 4 heteroatoms. The monoisotopic (exact) mass is 332 g/mol. The Morgan fingerprint density at radius 3 is 2.24 bits per heavy atom. The molecule has 0 saturated heterocycles. The van der Waals surface area contributed by atoms with Crippen LogP contribution >= 0.6 is 0 Å². The molecule has 0 atom stereocenters. The number of carbonyl (C=O) groups is 1. The minimum absolute atomic E-state index is 0.00555. The summed E-state index contributed by atoms with van der Waals surface area (Å²) in [6.45, 7) is 3.75. The van der Waals surface area contributed by atoms with Gasteiger partial charge in [-0.25, -0.2) is 4.98 Å². The first-order valence-corrected chi connectivity index (χ1v) is 8.19. The molecule has 4 nitrogen and oxygen atoms in total. The van der Waals surface area contributed by atoms with Crippen LogP contribution in [0.3, 0.4) is 0 Å². The summed E-state index contributed by atoms with van der Waals surface area (Å²) in [7, 11) is 0. The quantitative estimate of drug-likeness (QED) is 0.719. The topological polar surface area (TPSA) is 52.0 Å². The van der Waals surface area contributed by atoms with Crippen LogP contribution in [0.15, 0.2) is 78.0 Å². The van der Waals surface area contributed by atoms with E-state index in [0.717, 1.165) is 11.1 Å². The summed E-state index contributed by atoms with van der Waals surface area (Å²) in [5.74, 6) is -0.0344. The molecule has 126 valence electrons. The lowest BCUT2D eigenvalue weighted by atomic mass is 9.80. The number of aromatic nitrogens is 2. The number of hydrogen-bond acceptors (Lipinski definition) is 3. The molecular weight excluding hydrogens is 312 g/mol. The van der Waals surface area contributed by atoms with E-state index in [-0.39, 0.29) is 17.9 Å². The largest absolute Gasteiger partial charge is 0.297 e. The molecule has 0 spiro atoms. The molecule has 0 N–H and O–H groups in total. The van der Waals surface area contributed by atoms with E-state index < -0.39 is 5.41 Å². The standard InChI is InChI=1S/C21H20N2O2/c1-21(2,17-11-7-4-8-12-17)19(24)14-23-15-22-13-18(20(23)25)16-9-5-3-6-10-16/h3-13,15H,14H2,1-2H3. The minimum Gasteiger partial charge on any atom is -0.297 e. The van der Waals surface area contributed by atoms with Gasteiger partial charge in [0.1, 0.15) is 0 Å². The van der Waals surface area contributed by atoms with Gasteiger partial charge >= 0.3 is 0 Å².